The van der Waals surface area contributed by atoms with Crippen LogP contribution in [-0.2, 0) is 6.18 Å². The van der Waals surface area contributed by atoms with Gasteiger partial charge in [0.05, 0.1) is 12.7 Å². The molecule has 0 bridgehead atoms. The van der Waals surface area contributed by atoms with Gasteiger partial charge in [-0.15, -0.1) is 0 Å². The maximum Gasteiger partial charge on any atom is 0.437 e. The summed E-state index contributed by atoms with van der Waals surface area (Å²) in [5, 5.41) is 8.42. The van der Waals surface area contributed by atoms with Gasteiger partial charge in [-0.25, -0.2) is 4.98 Å². The predicted molar refractivity (Wildman–Crippen MR) is 40.5 cm³/mol. The second kappa shape index (κ2) is 3.54. The van der Waals surface area contributed by atoms with Crippen LogP contribution in [0.15, 0.2) is 12.3 Å². The largest absolute Gasteiger partial charge is 0.494 e. The van der Waals surface area contributed by atoms with Gasteiger partial charge >= 0.3 is 6.18 Å². The topological polar surface area (TPSA) is 45.9 Å². The zero-order valence-electron chi connectivity index (χ0n) is 7.09. The first-order valence-electron chi connectivity index (χ1n) is 3.50. The average Bonchev–Trinajstić information content (AvgIpc) is 2.15. The molecule has 0 spiro atoms. The number of hydrogen-bond donors (Lipinski definition) is 0. The minimum Gasteiger partial charge on any atom is -0.494 e. The molecule has 1 aromatic heterocycles. The molecule has 0 atom stereocenters. The first kappa shape index (κ1) is 10.3. The third-order valence-electron chi connectivity index (χ3n) is 1.47. The van der Waals surface area contributed by atoms with Crippen LogP contribution >= 0.6 is 0 Å². The number of nitrogens with zero attached hydrogens (tertiary/aromatic N) is 2. The lowest BCUT2D eigenvalue weighted by atomic mass is 10.2. The second-order valence-electron chi connectivity index (χ2n) is 2.38. The van der Waals surface area contributed by atoms with Crippen molar-refractivity contribution < 1.29 is 17.9 Å². The van der Waals surface area contributed by atoms with E-state index in [1.54, 1.807) is 6.07 Å². The number of pyridine rings is 1. The Balaban J connectivity index is 3.27. The van der Waals surface area contributed by atoms with Gasteiger partial charge in [0, 0.05) is 12.3 Å². The molecule has 1 rings (SSSR count). The summed E-state index contributed by atoms with van der Waals surface area (Å²) < 4.78 is 41.2. The van der Waals surface area contributed by atoms with E-state index in [1.807, 2.05) is 0 Å². The lowest BCUT2D eigenvalue weighted by molar-refractivity contribution is -0.142. The van der Waals surface area contributed by atoms with Crippen molar-refractivity contribution in [3.63, 3.8) is 0 Å². The summed E-state index contributed by atoms with van der Waals surface area (Å²) in [5.41, 5.74) is -1.10. The van der Waals surface area contributed by atoms with E-state index in [0.717, 1.165) is 19.4 Å². The fraction of sp³-hybridized carbons (Fsp3) is 0.250. The first-order valence-corrected chi connectivity index (χ1v) is 3.50. The van der Waals surface area contributed by atoms with Crippen molar-refractivity contribution in [1.29, 1.82) is 5.26 Å². The summed E-state index contributed by atoms with van der Waals surface area (Å²) in [4.78, 5) is 3.12. The molecule has 0 amide bonds. The van der Waals surface area contributed by atoms with E-state index in [9.17, 15) is 13.2 Å². The smallest absolute Gasteiger partial charge is 0.437 e. The highest BCUT2D eigenvalue weighted by molar-refractivity contribution is 5.38. The molecule has 0 unspecified atom stereocenters. The molecule has 0 aliphatic rings. The highest BCUT2D eigenvalue weighted by atomic mass is 19.4. The SMILES string of the molecule is COc1cc(C#N)cnc1C(F)(F)F. The quantitative estimate of drug-likeness (QED) is 0.699. The van der Waals surface area contributed by atoms with Gasteiger partial charge in [0.15, 0.2) is 11.4 Å². The normalized spacial score (nSPS) is 10.8. The second-order valence-corrected chi connectivity index (χ2v) is 2.38. The van der Waals surface area contributed by atoms with Gasteiger partial charge in [0.1, 0.15) is 6.07 Å². The number of halogens is 3. The Morgan fingerprint density at radius 1 is 1.50 bits per heavy atom. The lowest BCUT2D eigenvalue weighted by Crippen LogP contribution is -2.10. The van der Waals surface area contributed by atoms with E-state index < -0.39 is 17.6 Å². The molecule has 74 valence electrons. The van der Waals surface area contributed by atoms with Gasteiger partial charge in [0.2, 0.25) is 0 Å². The zero-order valence-corrected chi connectivity index (χ0v) is 7.09. The highest BCUT2D eigenvalue weighted by Crippen LogP contribution is 2.34. The monoisotopic (exact) mass is 202 g/mol. The summed E-state index contributed by atoms with van der Waals surface area (Å²) >= 11 is 0. The molecule has 0 radical (unpaired) electrons. The third-order valence-corrected chi connectivity index (χ3v) is 1.47. The highest BCUT2D eigenvalue weighted by Gasteiger charge is 2.36. The Kier molecular flexibility index (Phi) is 2.60. The minimum absolute atomic E-state index is 0.0230. The number of methoxy groups -OCH3 is 1. The van der Waals surface area contributed by atoms with Crippen molar-refractivity contribution in [2.45, 2.75) is 6.18 Å². The minimum atomic E-state index is -4.57. The van der Waals surface area contributed by atoms with Crippen molar-refractivity contribution in [3.8, 4) is 11.8 Å². The number of rotatable bonds is 1. The molecular formula is C8H5F3N2O. The summed E-state index contributed by atoms with van der Waals surface area (Å²) in [6, 6.07) is 2.67. The van der Waals surface area contributed by atoms with Gasteiger partial charge in [-0.05, 0) is 0 Å². The Labute approximate surface area is 77.7 Å². The van der Waals surface area contributed by atoms with Gasteiger partial charge < -0.3 is 4.74 Å². The average molecular weight is 202 g/mol. The molecule has 3 nitrogen and oxygen atoms in total. The molecule has 0 aliphatic heterocycles. The van der Waals surface area contributed by atoms with Crippen molar-refractivity contribution in [3.05, 3.63) is 23.5 Å². The Morgan fingerprint density at radius 2 is 2.14 bits per heavy atom. The third kappa shape index (κ3) is 1.93. The number of ether oxygens (including phenoxy) is 1. The summed E-state index contributed by atoms with van der Waals surface area (Å²) in [6.07, 6.45) is -3.72. The van der Waals surface area contributed by atoms with Crippen LogP contribution in [-0.4, -0.2) is 12.1 Å². The molecule has 0 aliphatic carbocycles. The van der Waals surface area contributed by atoms with Crippen molar-refractivity contribution in [1.82, 2.24) is 4.98 Å². The van der Waals surface area contributed by atoms with Crippen LogP contribution in [0.5, 0.6) is 5.75 Å². The van der Waals surface area contributed by atoms with E-state index in [2.05, 4.69) is 9.72 Å². The molecule has 6 heteroatoms. The standard InChI is InChI=1S/C8H5F3N2O/c1-14-6-2-5(3-12)4-13-7(6)8(9,10)11/h2,4H,1H3. The van der Waals surface area contributed by atoms with Crippen molar-refractivity contribution in [2.24, 2.45) is 0 Å². The summed E-state index contributed by atoms with van der Waals surface area (Å²) in [7, 11) is 1.09. The molecule has 0 saturated carbocycles. The van der Waals surface area contributed by atoms with Gasteiger partial charge in [-0.2, -0.15) is 18.4 Å². The molecule has 14 heavy (non-hydrogen) atoms. The first-order chi connectivity index (χ1) is 6.49. The fourth-order valence-electron chi connectivity index (χ4n) is 0.874. The number of alkyl halides is 3. The molecule has 0 fully saturated rings. The van der Waals surface area contributed by atoms with Gasteiger partial charge in [-0.3, -0.25) is 0 Å². The van der Waals surface area contributed by atoms with Gasteiger partial charge in [-0.1, -0.05) is 0 Å². The van der Waals surface area contributed by atoms with E-state index in [-0.39, 0.29) is 5.56 Å². The number of hydrogen-bond acceptors (Lipinski definition) is 3. The van der Waals surface area contributed by atoms with Crippen LogP contribution in [0, 0.1) is 11.3 Å². The van der Waals surface area contributed by atoms with Crippen molar-refractivity contribution >= 4 is 0 Å². The lowest BCUT2D eigenvalue weighted by Gasteiger charge is -2.09. The van der Waals surface area contributed by atoms with Crippen molar-refractivity contribution in [2.75, 3.05) is 7.11 Å². The Bertz CT molecular complexity index is 381. The molecule has 1 aromatic rings. The summed E-state index contributed by atoms with van der Waals surface area (Å²) in [6.45, 7) is 0. The van der Waals surface area contributed by atoms with Crippen LogP contribution < -0.4 is 4.74 Å². The van der Waals surface area contributed by atoms with Crippen LogP contribution in [0.2, 0.25) is 0 Å². The predicted octanol–water partition coefficient (Wildman–Crippen LogP) is 1.98. The number of aromatic nitrogens is 1. The van der Waals surface area contributed by atoms with E-state index in [0.29, 0.717) is 0 Å². The maximum absolute atomic E-state index is 12.2. The van der Waals surface area contributed by atoms with Crippen LogP contribution in [0.25, 0.3) is 0 Å². The summed E-state index contributed by atoms with van der Waals surface area (Å²) in [5.74, 6) is -0.448. The van der Waals surface area contributed by atoms with Crippen LogP contribution in [0.4, 0.5) is 13.2 Å². The molecule has 0 N–H and O–H groups in total. The number of nitriles is 1. The van der Waals surface area contributed by atoms with Gasteiger partial charge in [0.25, 0.3) is 0 Å². The fourth-order valence-corrected chi connectivity index (χ4v) is 0.874. The van der Waals surface area contributed by atoms with E-state index in [4.69, 9.17) is 5.26 Å². The Hall–Kier alpha value is -1.77. The molecule has 0 aromatic carbocycles. The molecule has 1 heterocycles. The van der Waals surface area contributed by atoms with E-state index in [1.165, 1.54) is 0 Å². The molecular weight excluding hydrogens is 197 g/mol. The zero-order chi connectivity index (χ0) is 10.8. The van der Waals surface area contributed by atoms with Crippen LogP contribution in [0.1, 0.15) is 11.3 Å². The van der Waals surface area contributed by atoms with Crippen LogP contribution in [0.3, 0.4) is 0 Å². The maximum atomic E-state index is 12.2. The van der Waals surface area contributed by atoms with E-state index >= 15 is 0 Å². The molecule has 0 saturated heterocycles. The Morgan fingerprint density at radius 3 is 2.57 bits per heavy atom.